The average molecular weight is 170 g/mol. The fraction of sp³-hybridized carbons (Fsp3) is 0.273. The Bertz CT molecular complexity index is 405. The summed E-state index contributed by atoms with van der Waals surface area (Å²) in [4.78, 5) is 0. The number of benzene rings is 1. The Morgan fingerprint density at radius 3 is 2.31 bits per heavy atom. The molecule has 0 spiro atoms. The highest BCUT2D eigenvalue weighted by Gasteiger charge is 2.03. The second-order valence-electron chi connectivity index (χ2n) is 3.04. The summed E-state index contributed by atoms with van der Waals surface area (Å²) in [6, 6.07) is 7.90. The van der Waals surface area contributed by atoms with Crippen molar-refractivity contribution >= 4 is 0 Å². The Morgan fingerprint density at radius 1 is 1.15 bits per heavy atom. The molecule has 64 valence electrons. The molecule has 0 radical (unpaired) electrons. The number of hydrogen-bond donors (Lipinski definition) is 0. The van der Waals surface area contributed by atoms with Gasteiger partial charge in [0.1, 0.15) is 0 Å². The fourth-order valence-electron chi connectivity index (χ4n) is 1.21. The van der Waals surface area contributed by atoms with E-state index in [1.807, 2.05) is 26.0 Å². The maximum Gasteiger partial charge on any atom is 0.0994 e. The average Bonchev–Trinajstić information content (AvgIpc) is 2.11. The molecule has 2 heteroatoms. The lowest BCUT2D eigenvalue weighted by Crippen LogP contribution is -1.92. The summed E-state index contributed by atoms with van der Waals surface area (Å²) in [6.07, 6.45) is 0.310. The quantitative estimate of drug-likeness (QED) is 0.648. The van der Waals surface area contributed by atoms with Gasteiger partial charge in [0.15, 0.2) is 0 Å². The van der Waals surface area contributed by atoms with Crippen molar-refractivity contribution in [2.45, 2.75) is 20.3 Å². The van der Waals surface area contributed by atoms with Crippen LogP contribution < -0.4 is 0 Å². The van der Waals surface area contributed by atoms with E-state index >= 15 is 0 Å². The zero-order chi connectivity index (χ0) is 9.84. The molecule has 0 aliphatic carbocycles. The van der Waals surface area contributed by atoms with Crippen LogP contribution in [-0.4, -0.2) is 0 Å². The Balaban J connectivity index is 3.28. The molecule has 1 aromatic carbocycles. The van der Waals surface area contributed by atoms with Crippen LogP contribution in [0.5, 0.6) is 0 Å². The van der Waals surface area contributed by atoms with Gasteiger partial charge < -0.3 is 0 Å². The van der Waals surface area contributed by atoms with Crippen molar-refractivity contribution in [1.29, 1.82) is 10.5 Å². The van der Waals surface area contributed by atoms with Gasteiger partial charge in [0.05, 0.1) is 24.1 Å². The molecule has 0 fully saturated rings. The third-order valence-electron chi connectivity index (χ3n) is 2.11. The van der Waals surface area contributed by atoms with Gasteiger partial charge in [0.25, 0.3) is 0 Å². The lowest BCUT2D eigenvalue weighted by Gasteiger charge is -2.04. The van der Waals surface area contributed by atoms with Crippen LogP contribution in [0.1, 0.15) is 22.3 Å². The van der Waals surface area contributed by atoms with Crippen LogP contribution in [0.2, 0.25) is 0 Å². The van der Waals surface area contributed by atoms with Crippen molar-refractivity contribution in [1.82, 2.24) is 0 Å². The summed E-state index contributed by atoms with van der Waals surface area (Å²) in [7, 11) is 0. The third kappa shape index (κ3) is 1.86. The van der Waals surface area contributed by atoms with Crippen LogP contribution in [0.4, 0.5) is 0 Å². The number of hydrogen-bond acceptors (Lipinski definition) is 2. The molecule has 0 amide bonds. The molecule has 1 rings (SSSR count). The number of rotatable bonds is 1. The molecular weight excluding hydrogens is 160 g/mol. The van der Waals surface area contributed by atoms with Gasteiger partial charge in [-0.05, 0) is 36.6 Å². The van der Waals surface area contributed by atoms with E-state index in [0.717, 1.165) is 16.7 Å². The summed E-state index contributed by atoms with van der Waals surface area (Å²) in [5.41, 5.74) is 3.67. The van der Waals surface area contributed by atoms with Crippen molar-refractivity contribution < 1.29 is 0 Å². The minimum Gasteiger partial charge on any atom is -0.198 e. The van der Waals surface area contributed by atoms with E-state index in [0.29, 0.717) is 12.0 Å². The summed E-state index contributed by atoms with van der Waals surface area (Å²) < 4.78 is 0. The number of nitriles is 2. The largest absolute Gasteiger partial charge is 0.198 e. The summed E-state index contributed by atoms with van der Waals surface area (Å²) in [5.74, 6) is 0. The normalized spacial score (nSPS) is 8.92. The second kappa shape index (κ2) is 3.74. The zero-order valence-electron chi connectivity index (χ0n) is 7.76. The van der Waals surface area contributed by atoms with E-state index < -0.39 is 0 Å². The van der Waals surface area contributed by atoms with Crippen molar-refractivity contribution in [2.24, 2.45) is 0 Å². The van der Waals surface area contributed by atoms with Gasteiger partial charge in [-0.2, -0.15) is 10.5 Å². The Labute approximate surface area is 78.0 Å². The molecule has 0 aliphatic rings. The van der Waals surface area contributed by atoms with Gasteiger partial charge >= 0.3 is 0 Å². The van der Waals surface area contributed by atoms with E-state index in [2.05, 4.69) is 12.1 Å². The zero-order valence-corrected chi connectivity index (χ0v) is 7.76. The maximum atomic E-state index is 8.80. The van der Waals surface area contributed by atoms with Crippen LogP contribution in [0.15, 0.2) is 12.1 Å². The second-order valence-corrected chi connectivity index (χ2v) is 3.04. The molecule has 0 heterocycles. The van der Waals surface area contributed by atoms with Crippen LogP contribution in [0.3, 0.4) is 0 Å². The van der Waals surface area contributed by atoms with E-state index in [1.54, 1.807) is 0 Å². The molecule has 0 unspecified atom stereocenters. The minimum absolute atomic E-state index is 0.310. The maximum absolute atomic E-state index is 8.80. The Morgan fingerprint density at radius 2 is 1.77 bits per heavy atom. The van der Waals surface area contributed by atoms with Gasteiger partial charge in [0.2, 0.25) is 0 Å². The van der Waals surface area contributed by atoms with E-state index in [4.69, 9.17) is 10.5 Å². The Kier molecular flexibility index (Phi) is 2.67. The predicted octanol–water partition coefficient (Wildman–Crippen LogP) is 2.24. The first-order chi connectivity index (χ1) is 6.19. The summed E-state index contributed by atoms with van der Waals surface area (Å²) in [5, 5.41) is 17.3. The molecule has 0 atom stereocenters. The van der Waals surface area contributed by atoms with E-state index in [9.17, 15) is 0 Å². The fourth-order valence-corrected chi connectivity index (χ4v) is 1.21. The smallest absolute Gasteiger partial charge is 0.0994 e. The number of aryl methyl sites for hydroxylation is 2. The molecular formula is C11H10N2. The topological polar surface area (TPSA) is 47.6 Å². The van der Waals surface area contributed by atoms with Crippen molar-refractivity contribution in [3.8, 4) is 12.1 Å². The molecule has 1 aromatic rings. The lowest BCUT2D eigenvalue weighted by molar-refractivity contribution is 1.20. The van der Waals surface area contributed by atoms with Crippen LogP contribution in [0.25, 0.3) is 0 Å². The lowest BCUT2D eigenvalue weighted by atomic mass is 9.99. The highest BCUT2D eigenvalue weighted by atomic mass is 14.3. The molecule has 0 saturated heterocycles. The molecule has 0 N–H and O–H groups in total. The molecule has 0 aromatic heterocycles. The SMILES string of the molecule is Cc1cc(C#N)c(CC#N)cc1C. The molecule has 0 saturated carbocycles. The highest BCUT2D eigenvalue weighted by molar-refractivity contribution is 5.44. The van der Waals surface area contributed by atoms with Crippen molar-refractivity contribution in [3.63, 3.8) is 0 Å². The summed E-state index contributed by atoms with van der Waals surface area (Å²) in [6.45, 7) is 3.95. The van der Waals surface area contributed by atoms with Gasteiger partial charge in [-0.1, -0.05) is 6.07 Å². The van der Waals surface area contributed by atoms with Crippen molar-refractivity contribution in [3.05, 3.63) is 34.4 Å². The van der Waals surface area contributed by atoms with Gasteiger partial charge in [-0.3, -0.25) is 0 Å². The summed E-state index contributed by atoms with van der Waals surface area (Å²) >= 11 is 0. The molecule has 0 aliphatic heterocycles. The van der Waals surface area contributed by atoms with E-state index in [1.165, 1.54) is 0 Å². The van der Waals surface area contributed by atoms with Crippen LogP contribution >= 0.6 is 0 Å². The predicted molar refractivity (Wildman–Crippen MR) is 49.9 cm³/mol. The van der Waals surface area contributed by atoms with Crippen LogP contribution in [-0.2, 0) is 6.42 Å². The van der Waals surface area contributed by atoms with Gasteiger partial charge in [-0.25, -0.2) is 0 Å². The van der Waals surface area contributed by atoms with E-state index in [-0.39, 0.29) is 0 Å². The molecule has 0 bridgehead atoms. The molecule has 2 nitrogen and oxygen atoms in total. The third-order valence-corrected chi connectivity index (χ3v) is 2.11. The Hall–Kier alpha value is -1.80. The first kappa shape index (κ1) is 9.29. The first-order valence-electron chi connectivity index (χ1n) is 4.06. The van der Waals surface area contributed by atoms with Gasteiger partial charge in [0, 0.05) is 0 Å². The van der Waals surface area contributed by atoms with Gasteiger partial charge in [-0.15, -0.1) is 0 Å². The van der Waals surface area contributed by atoms with Crippen LogP contribution in [0, 0.1) is 36.5 Å². The first-order valence-corrected chi connectivity index (χ1v) is 4.06. The monoisotopic (exact) mass is 170 g/mol. The number of nitrogens with zero attached hydrogens (tertiary/aromatic N) is 2. The minimum atomic E-state index is 0.310. The standard InChI is InChI=1S/C11H10N2/c1-8-5-10(3-4-12)11(7-13)6-9(8)2/h5-6H,3H2,1-2H3. The molecule has 13 heavy (non-hydrogen) atoms. The van der Waals surface area contributed by atoms with Crippen molar-refractivity contribution in [2.75, 3.05) is 0 Å². The highest BCUT2D eigenvalue weighted by Crippen LogP contribution is 2.15.